The Kier molecular flexibility index (Phi) is 5.61. The molecule has 1 unspecified atom stereocenters. The average molecular weight is 437 g/mol. The number of methoxy groups -OCH3 is 1. The lowest BCUT2D eigenvalue weighted by Crippen LogP contribution is -2.47. The minimum atomic E-state index is -0.354. The highest BCUT2D eigenvalue weighted by Crippen LogP contribution is 2.35. The highest BCUT2D eigenvalue weighted by molar-refractivity contribution is 6.05. The summed E-state index contributed by atoms with van der Waals surface area (Å²) in [5.74, 6) is 2.10. The third-order valence-electron chi connectivity index (χ3n) is 6.43. The van der Waals surface area contributed by atoms with E-state index in [1.807, 2.05) is 42.5 Å². The molecule has 0 spiro atoms. The fourth-order valence-corrected chi connectivity index (χ4v) is 4.61. The largest absolute Gasteiger partial charge is 0.497 e. The van der Waals surface area contributed by atoms with Crippen LogP contribution in [-0.4, -0.2) is 60.7 Å². The molecule has 8 nitrogen and oxygen atoms in total. The molecule has 8 heteroatoms. The van der Waals surface area contributed by atoms with Gasteiger partial charge in [-0.15, -0.1) is 0 Å². The Balaban J connectivity index is 1.15. The van der Waals surface area contributed by atoms with Gasteiger partial charge in [0, 0.05) is 30.9 Å². The van der Waals surface area contributed by atoms with Crippen LogP contribution in [0.3, 0.4) is 0 Å². The molecule has 0 bridgehead atoms. The summed E-state index contributed by atoms with van der Waals surface area (Å²) < 4.78 is 16.0. The number of ether oxygens (including phenoxy) is 3. The highest BCUT2D eigenvalue weighted by atomic mass is 16.7. The first kappa shape index (κ1) is 20.6. The minimum Gasteiger partial charge on any atom is -0.497 e. The van der Waals surface area contributed by atoms with Crippen LogP contribution in [0.2, 0.25) is 0 Å². The number of benzene rings is 2. The van der Waals surface area contributed by atoms with E-state index in [-0.39, 0.29) is 31.1 Å². The van der Waals surface area contributed by atoms with Gasteiger partial charge in [-0.25, -0.2) is 0 Å². The quantitative estimate of drug-likeness (QED) is 0.696. The van der Waals surface area contributed by atoms with Crippen LogP contribution in [0.4, 0.5) is 5.69 Å². The van der Waals surface area contributed by atoms with E-state index in [0.717, 1.165) is 54.4 Å². The summed E-state index contributed by atoms with van der Waals surface area (Å²) in [5.41, 5.74) is 1.92. The summed E-state index contributed by atoms with van der Waals surface area (Å²) in [7, 11) is 1.61. The number of carbonyl (C=O) groups is 2. The van der Waals surface area contributed by atoms with E-state index in [9.17, 15) is 9.59 Å². The fourth-order valence-electron chi connectivity index (χ4n) is 4.61. The minimum absolute atomic E-state index is 0.0898. The van der Waals surface area contributed by atoms with Crippen molar-refractivity contribution in [3.05, 3.63) is 48.0 Å². The number of carbonyl (C=O) groups excluding carboxylic acids is 2. The molecule has 2 aromatic rings. The lowest BCUT2D eigenvalue weighted by Gasteiger charge is -2.35. The van der Waals surface area contributed by atoms with Gasteiger partial charge in [-0.1, -0.05) is 12.1 Å². The fraction of sp³-hybridized carbons (Fsp3) is 0.417. The second kappa shape index (κ2) is 8.70. The number of nitrogens with one attached hydrogen (secondary N) is 1. The molecule has 3 heterocycles. The predicted molar refractivity (Wildman–Crippen MR) is 118 cm³/mol. The zero-order chi connectivity index (χ0) is 22.1. The van der Waals surface area contributed by atoms with Gasteiger partial charge in [-0.3, -0.25) is 19.4 Å². The Hall–Kier alpha value is -3.26. The molecular weight excluding hydrogens is 410 g/mol. The number of likely N-dealkylation sites (tertiary alicyclic amines) is 2. The van der Waals surface area contributed by atoms with Gasteiger partial charge in [-0.05, 0) is 42.7 Å². The van der Waals surface area contributed by atoms with Crippen LogP contribution in [0.1, 0.15) is 24.8 Å². The Morgan fingerprint density at radius 2 is 1.78 bits per heavy atom. The normalized spacial score (nSPS) is 21.3. The van der Waals surface area contributed by atoms with Crippen LogP contribution < -0.4 is 19.5 Å². The van der Waals surface area contributed by atoms with Crippen molar-refractivity contribution in [2.45, 2.75) is 37.9 Å². The predicted octanol–water partition coefficient (Wildman–Crippen LogP) is 2.63. The number of nitrogens with zero attached hydrogens (tertiary/aromatic N) is 2. The van der Waals surface area contributed by atoms with Gasteiger partial charge >= 0.3 is 0 Å². The molecule has 2 amide bonds. The molecular formula is C24H27N3O5. The molecule has 1 atom stereocenters. The van der Waals surface area contributed by atoms with Crippen molar-refractivity contribution in [1.82, 2.24) is 9.80 Å². The number of rotatable bonds is 6. The van der Waals surface area contributed by atoms with Crippen molar-refractivity contribution < 1.29 is 23.8 Å². The topological polar surface area (TPSA) is 80.3 Å². The molecule has 2 saturated heterocycles. The maximum Gasteiger partial charge on any atom is 0.247 e. The average Bonchev–Trinajstić information content (AvgIpc) is 3.39. The molecule has 0 saturated carbocycles. The van der Waals surface area contributed by atoms with E-state index in [2.05, 4.69) is 10.2 Å². The molecule has 3 aliphatic rings. The van der Waals surface area contributed by atoms with Gasteiger partial charge in [-0.2, -0.15) is 0 Å². The van der Waals surface area contributed by atoms with Crippen LogP contribution in [0.25, 0.3) is 0 Å². The first-order valence-electron chi connectivity index (χ1n) is 11.0. The highest BCUT2D eigenvalue weighted by Gasteiger charge is 2.42. The molecule has 2 fully saturated rings. The van der Waals surface area contributed by atoms with Crippen molar-refractivity contribution in [2.75, 3.05) is 32.3 Å². The molecule has 0 radical (unpaired) electrons. The van der Waals surface area contributed by atoms with Crippen molar-refractivity contribution in [3.8, 4) is 17.2 Å². The summed E-state index contributed by atoms with van der Waals surface area (Å²) in [6.45, 7) is 2.13. The molecule has 5 rings (SSSR count). The zero-order valence-electron chi connectivity index (χ0n) is 18.1. The summed E-state index contributed by atoms with van der Waals surface area (Å²) in [4.78, 5) is 29.2. The van der Waals surface area contributed by atoms with Crippen molar-refractivity contribution in [3.63, 3.8) is 0 Å². The molecule has 0 aromatic heterocycles. The van der Waals surface area contributed by atoms with Gasteiger partial charge in [0.1, 0.15) is 5.75 Å². The van der Waals surface area contributed by atoms with Gasteiger partial charge in [0.2, 0.25) is 18.6 Å². The summed E-state index contributed by atoms with van der Waals surface area (Å²) in [6.07, 6.45) is 2.07. The standard InChI is InChI=1S/C24H27N3O5/c1-30-19-5-2-16(3-6-19)14-27-23(28)13-20(24(27)29)26-10-8-17(9-11-26)25-18-4-7-21-22(12-18)32-15-31-21/h2-7,12,17,20,25H,8-11,13-15H2,1H3. The van der Waals surface area contributed by atoms with E-state index >= 15 is 0 Å². The lowest BCUT2D eigenvalue weighted by molar-refractivity contribution is -0.140. The zero-order valence-corrected chi connectivity index (χ0v) is 18.1. The smallest absolute Gasteiger partial charge is 0.247 e. The number of hydrogen-bond donors (Lipinski definition) is 1. The van der Waals surface area contributed by atoms with E-state index in [1.165, 1.54) is 4.90 Å². The van der Waals surface area contributed by atoms with Gasteiger partial charge in [0.05, 0.1) is 26.1 Å². The number of amides is 2. The van der Waals surface area contributed by atoms with Crippen molar-refractivity contribution in [2.24, 2.45) is 0 Å². The second-order valence-corrected chi connectivity index (χ2v) is 8.41. The SMILES string of the molecule is COc1ccc(CN2C(=O)CC(N3CCC(Nc4ccc5c(c4)OCO5)CC3)C2=O)cc1. The Labute approximate surface area is 187 Å². The van der Waals surface area contributed by atoms with E-state index in [1.54, 1.807) is 7.11 Å². The number of piperidine rings is 1. The summed E-state index contributed by atoms with van der Waals surface area (Å²) in [5, 5.41) is 3.56. The van der Waals surface area contributed by atoms with E-state index in [4.69, 9.17) is 14.2 Å². The number of anilines is 1. The summed E-state index contributed by atoms with van der Waals surface area (Å²) >= 11 is 0. The summed E-state index contributed by atoms with van der Waals surface area (Å²) in [6, 6.07) is 13.3. The lowest BCUT2D eigenvalue weighted by atomic mass is 10.0. The monoisotopic (exact) mass is 437 g/mol. The third-order valence-corrected chi connectivity index (χ3v) is 6.43. The molecule has 1 N–H and O–H groups in total. The van der Waals surface area contributed by atoms with E-state index < -0.39 is 0 Å². The Morgan fingerprint density at radius 3 is 2.53 bits per heavy atom. The molecule has 2 aromatic carbocycles. The van der Waals surface area contributed by atoms with E-state index in [0.29, 0.717) is 12.6 Å². The third kappa shape index (κ3) is 4.10. The Bertz CT molecular complexity index is 1000. The maximum absolute atomic E-state index is 13.0. The van der Waals surface area contributed by atoms with Crippen LogP contribution in [-0.2, 0) is 16.1 Å². The molecule has 0 aliphatic carbocycles. The first-order valence-corrected chi connectivity index (χ1v) is 11.0. The van der Waals surface area contributed by atoms with Crippen molar-refractivity contribution >= 4 is 17.5 Å². The maximum atomic E-state index is 13.0. The van der Waals surface area contributed by atoms with Gasteiger partial charge in [0.25, 0.3) is 0 Å². The number of hydrogen-bond acceptors (Lipinski definition) is 7. The van der Waals surface area contributed by atoms with Crippen molar-refractivity contribution in [1.29, 1.82) is 0 Å². The van der Waals surface area contributed by atoms with Gasteiger partial charge in [0.15, 0.2) is 11.5 Å². The van der Waals surface area contributed by atoms with Crippen LogP contribution in [0, 0.1) is 0 Å². The first-order chi connectivity index (χ1) is 15.6. The van der Waals surface area contributed by atoms with Crippen LogP contribution in [0.15, 0.2) is 42.5 Å². The second-order valence-electron chi connectivity index (χ2n) is 8.41. The van der Waals surface area contributed by atoms with Gasteiger partial charge < -0.3 is 19.5 Å². The molecule has 32 heavy (non-hydrogen) atoms. The Morgan fingerprint density at radius 1 is 1.03 bits per heavy atom. The number of fused-ring (bicyclic) bond motifs is 1. The van der Waals surface area contributed by atoms with Crippen LogP contribution in [0.5, 0.6) is 17.2 Å². The van der Waals surface area contributed by atoms with Crippen LogP contribution >= 0.6 is 0 Å². The molecule has 3 aliphatic heterocycles. The molecule has 168 valence electrons. The number of imide groups is 1.